The number of hydrogen-bond acceptors (Lipinski definition) is 4. The van der Waals surface area contributed by atoms with Crippen LogP contribution in [0.5, 0.6) is 11.5 Å². The Morgan fingerprint density at radius 2 is 1.89 bits per heavy atom. The third-order valence-corrected chi connectivity index (χ3v) is 6.52. The molecule has 2 atom stereocenters. The van der Waals surface area contributed by atoms with Crippen molar-refractivity contribution in [2.45, 2.75) is 38.9 Å². The van der Waals surface area contributed by atoms with E-state index in [4.69, 9.17) is 9.47 Å². The van der Waals surface area contributed by atoms with Crippen LogP contribution >= 0.6 is 0 Å². The zero-order valence-electron chi connectivity index (χ0n) is 19.4. The summed E-state index contributed by atoms with van der Waals surface area (Å²) in [6.07, 6.45) is -2.69. The number of alkyl halides is 3. The lowest BCUT2D eigenvalue weighted by Gasteiger charge is -2.38. The van der Waals surface area contributed by atoms with Gasteiger partial charge in [-0.15, -0.1) is 0 Å². The lowest BCUT2D eigenvalue weighted by Crippen LogP contribution is -2.46. The minimum absolute atomic E-state index is 0.0621. The summed E-state index contributed by atoms with van der Waals surface area (Å²) < 4.78 is 49.5. The summed E-state index contributed by atoms with van der Waals surface area (Å²) in [5, 5.41) is 5.52. The van der Waals surface area contributed by atoms with E-state index in [0.717, 1.165) is 24.1 Å². The minimum atomic E-state index is -4.48. The number of carbonyl (C=O) groups excluding carboxylic acids is 2. The van der Waals surface area contributed by atoms with Gasteiger partial charge in [0.25, 0.3) is 0 Å². The number of benzene rings is 2. The Morgan fingerprint density at radius 3 is 2.66 bits per heavy atom. The zero-order valence-corrected chi connectivity index (χ0v) is 19.4. The van der Waals surface area contributed by atoms with E-state index in [1.165, 1.54) is 12.1 Å². The van der Waals surface area contributed by atoms with Crippen molar-refractivity contribution >= 4 is 17.6 Å². The van der Waals surface area contributed by atoms with Gasteiger partial charge in [-0.25, -0.2) is 4.79 Å². The standard InChI is InChI=1S/C25H28F3N3O4/c1-2-17-14-31(24(33)30-20-5-3-4-19(12-20)25(26,27)28)9-8-18(17)11-23(32)29-13-16-6-7-21-22(10-16)35-15-34-21/h3-7,10,12,17-18H,2,8-9,11,13-15H2,1H3,(H,29,32)(H,30,33)/t17-,18+/m1/s1. The van der Waals surface area contributed by atoms with Gasteiger partial charge in [0.05, 0.1) is 5.56 Å². The topological polar surface area (TPSA) is 79.9 Å². The third kappa shape index (κ3) is 6.17. The third-order valence-electron chi connectivity index (χ3n) is 6.52. The van der Waals surface area contributed by atoms with E-state index < -0.39 is 17.8 Å². The van der Waals surface area contributed by atoms with Gasteiger partial charge in [0, 0.05) is 31.7 Å². The molecule has 1 saturated heterocycles. The summed E-state index contributed by atoms with van der Waals surface area (Å²) in [6, 6.07) is 9.69. The van der Waals surface area contributed by atoms with Crippen molar-refractivity contribution in [2.75, 3.05) is 25.2 Å². The molecule has 2 aromatic carbocycles. The molecule has 1 fully saturated rings. The molecule has 2 heterocycles. The molecule has 35 heavy (non-hydrogen) atoms. The predicted molar refractivity (Wildman–Crippen MR) is 123 cm³/mol. The number of nitrogens with one attached hydrogen (secondary N) is 2. The van der Waals surface area contributed by atoms with Gasteiger partial charge in [0.15, 0.2) is 11.5 Å². The molecule has 0 bridgehead atoms. The average Bonchev–Trinajstić information content (AvgIpc) is 3.30. The predicted octanol–water partition coefficient (Wildman–Crippen LogP) is 5.02. The first-order valence-electron chi connectivity index (χ1n) is 11.6. The average molecular weight is 492 g/mol. The molecular formula is C25H28F3N3O4. The number of halogens is 3. The number of piperidine rings is 1. The fourth-order valence-corrected chi connectivity index (χ4v) is 4.53. The summed E-state index contributed by atoms with van der Waals surface area (Å²) in [7, 11) is 0. The largest absolute Gasteiger partial charge is 0.454 e. The van der Waals surface area contributed by atoms with Crippen LogP contribution in [0.1, 0.15) is 37.3 Å². The van der Waals surface area contributed by atoms with Gasteiger partial charge in [0.1, 0.15) is 0 Å². The van der Waals surface area contributed by atoms with E-state index in [2.05, 4.69) is 10.6 Å². The number of hydrogen-bond donors (Lipinski definition) is 2. The first-order valence-corrected chi connectivity index (χ1v) is 11.6. The van der Waals surface area contributed by atoms with Gasteiger partial charge in [0.2, 0.25) is 12.7 Å². The van der Waals surface area contributed by atoms with E-state index in [0.29, 0.717) is 44.0 Å². The number of anilines is 1. The van der Waals surface area contributed by atoms with E-state index >= 15 is 0 Å². The van der Waals surface area contributed by atoms with Gasteiger partial charge >= 0.3 is 12.2 Å². The van der Waals surface area contributed by atoms with Gasteiger partial charge in [-0.05, 0) is 54.2 Å². The van der Waals surface area contributed by atoms with Crippen LogP contribution in [-0.4, -0.2) is 36.7 Å². The maximum Gasteiger partial charge on any atom is 0.416 e. The highest BCUT2D eigenvalue weighted by molar-refractivity contribution is 5.89. The number of carbonyl (C=O) groups is 2. The molecule has 0 spiro atoms. The molecule has 2 N–H and O–H groups in total. The highest BCUT2D eigenvalue weighted by atomic mass is 19.4. The van der Waals surface area contributed by atoms with Crippen LogP contribution in [0.15, 0.2) is 42.5 Å². The molecule has 3 amide bonds. The van der Waals surface area contributed by atoms with Crippen molar-refractivity contribution in [1.29, 1.82) is 0 Å². The second kappa shape index (κ2) is 10.5. The summed E-state index contributed by atoms with van der Waals surface area (Å²) in [5.41, 5.74) is 0.200. The van der Waals surface area contributed by atoms with E-state index in [-0.39, 0.29) is 30.2 Å². The zero-order chi connectivity index (χ0) is 25.0. The molecule has 2 aromatic rings. The molecule has 0 aromatic heterocycles. The van der Waals surface area contributed by atoms with E-state index in [9.17, 15) is 22.8 Å². The van der Waals surface area contributed by atoms with Gasteiger partial charge in [-0.3, -0.25) is 4.79 Å². The van der Waals surface area contributed by atoms with Crippen molar-refractivity contribution in [1.82, 2.24) is 10.2 Å². The molecule has 7 nitrogen and oxygen atoms in total. The monoisotopic (exact) mass is 491 g/mol. The molecule has 10 heteroatoms. The molecule has 2 aliphatic heterocycles. The molecular weight excluding hydrogens is 463 g/mol. The van der Waals surface area contributed by atoms with Gasteiger partial charge in [-0.1, -0.05) is 25.5 Å². The Morgan fingerprint density at radius 1 is 1.09 bits per heavy atom. The first-order chi connectivity index (χ1) is 16.7. The van der Waals surface area contributed by atoms with Gasteiger partial charge < -0.3 is 25.0 Å². The van der Waals surface area contributed by atoms with Crippen molar-refractivity contribution in [2.24, 2.45) is 11.8 Å². The number of rotatable bonds is 6. The van der Waals surface area contributed by atoms with Crippen LogP contribution < -0.4 is 20.1 Å². The molecule has 4 rings (SSSR count). The Hall–Kier alpha value is -3.43. The van der Waals surface area contributed by atoms with E-state index in [1.54, 1.807) is 4.90 Å². The number of nitrogens with zero attached hydrogens (tertiary/aromatic N) is 1. The van der Waals surface area contributed by atoms with Crippen LogP contribution in [0.3, 0.4) is 0 Å². The van der Waals surface area contributed by atoms with Crippen LogP contribution in [0, 0.1) is 11.8 Å². The van der Waals surface area contributed by atoms with Crippen molar-refractivity contribution in [3.8, 4) is 11.5 Å². The molecule has 188 valence electrons. The second-order valence-corrected chi connectivity index (χ2v) is 8.84. The number of urea groups is 1. The maximum atomic E-state index is 12.9. The Balaban J connectivity index is 1.27. The molecule has 2 aliphatic rings. The number of fused-ring (bicyclic) bond motifs is 1. The fourth-order valence-electron chi connectivity index (χ4n) is 4.53. The molecule has 0 radical (unpaired) electrons. The Bertz CT molecular complexity index is 1080. The van der Waals surface area contributed by atoms with Crippen LogP contribution in [0.4, 0.5) is 23.7 Å². The maximum absolute atomic E-state index is 12.9. The lowest BCUT2D eigenvalue weighted by atomic mass is 9.81. The SMILES string of the molecule is CC[C@@H]1CN(C(=O)Nc2cccc(C(F)(F)F)c2)CC[C@H]1CC(=O)NCc1ccc2c(c1)OCO2. The second-order valence-electron chi connectivity index (χ2n) is 8.84. The van der Waals surface area contributed by atoms with Crippen molar-refractivity contribution < 1.29 is 32.2 Å². The van der Waals surface area contributed by atoms with Crippen molar-refractivity contribution in [3.05, 3.63) is 53.6 Å². The fraction of sp³-hybridized carbons (Fsp3) is 0.440. The summed E-state index contributed by atoms with van der Waals surface area (Å²) in [4.78, 5) is 26.9. The first kappa shape index (κ1) is 24.7. The number of likely N-dealkylation sites (tertiary alicyclic amines) is 1. The smallest absolute Gasteiger partial charge is 0.416 e. The van der Waals surface area contributed by atoms with Crippen LogP contribution in [0.2, 0.25) is 0 Å². The van der Waals surface area contributed by atoms with Crippen LogP contribution in [0.25, 0.3) is 0 Å². The summed E-state index contributed by atoms with van der Waals surface area (Å²) >= 11 is 0. The molecule has 0 saturated carbocycles. The normalized spacial score (nSPS) is 19.4. The number of ether oxygens (including phenoxy) is 2. The Kier molecular flexibility index (Phi) is 7.37. The minimum Gasteiger partial charge on any atom is -0.454 e. The highest BCUT2D eigenvalue weighted by Gasteiger charge is 2.33. The van der Waals surface area contributed by atoms with E-state index in [1.807, 2.05) is 25.1 Å². The van der Waals surface area contributed by atoms with Crippen LogP contribution in [-0.2, 0) is 17.5 Å². The number of amides is 3. The summed E-state index contributed by atoms with van der Waals surface area (Å²) in [5.74, 6) is 1.53. The van der Waals surface area contributed by atoms with Crippen molar-refractivity contribution in [3.63, 3.8) is 0 Å². The lowest BCUT2D eigenvalue weighted by molar-refractivity contribution is -0.137. The Labute approximate surface area is 201 Å². The molecule has 0 aliphatic carbocycles. The molecule has 0 unspecified atom stereocenters. The highest BCUT2D eigenvalue weighted by Crippen LogP contribution is 2.33. The summed E-state index contributed by atoms with van der Waals surface area (Å²) in [6.45, 7) is 3.46. The van der Waals surface area contributed by atoms with Gasteiger partial charge in [-0.2, -0.15) is 13.2 Å². The quantitative estimate of drug-likeness (QED) is 0.595.